The molecule has 0 spiro atoms. The molecule has 0 saturated heterocycles. The van der Waals surface area contributed by atoms with Gasteiger partial charge in [0.05, 0.1) is 12.7 Å². The highest BCUT2D eigenvalue weighted by atomic mass is 79.9. The number of halogens is 2. The highest BCUT2D eigenvalue weighted by Gasteiger charge is 2.13. The summed E-state index contributed by atoms with van der Waals surface area (Å²) in [5.41, 5.74) is 1.30. The van der Waals surface area contributed by atoms with Gasteiger partial charge in [-0.1, -0.05) is 28.1 Å². The molecular weight excluding hydrogens is 311 g/mol. The highest BCUT2D eigenvalue weighted by Crippen LogP contribution is 2.24. The lowest BCUT2D eigenvalue weighted by molar-refractivity contribution is 0.0990. The van der Waals surface area contributed by atoms with E-state index in [2.05, 4.69) is 15.9 Å². The maximum atomic E-state index is 12.8. The van der Waals surface area contributed by atoms with Crippen LogP contribution < -0.4 is 4.74 Å². The van der Waals surface area contributed by atoms with Crippen molar-refractivity contribution in [2.75, 3.05) is 7.11 Å². The molecule has 0 aliphatic rings. The number of methoxy groups -OCH3 is 1. The van der Waals surface area contributed by atoms with Crippen LogP contribution in [0.15, 0.2) is 46.9 Å². The molecule has 2 rings (SSSR count). The van der Waals surface area contributed by atoms with Crippen LogP contribution in [0.1, 0.15) is 15.9 Å². The summed E-state index contributed by atoms with van der Waals surface area (Å²) in [5, 5.41) is 0. The average Bonchev–Trinajstić information content (AvgIpc) is 2.41. The average molecular weight is 323 g/mol. The van der Waals surface area contributed by atoms with Gasteiger partial charge in [0.2, 0.25) is 0 Å². The summed E-state index contributed by atoms with van der Waals surface area (Å²) in [6, 6.07) is 11.2. The number of hydrogen-bond acceptors (Lipinski definition) is 2. The van der Waals surface area contributed by atoms with Crippen molar-refractivity contribution in [1.82, 2.24) is 0 Å². The molecule has 0 atom stereocenters. The molecule has 0 saturated carbocycles. The van der Waals surface area contributed by atoms with Gasteiger partial charge in [-0.25, -0.2) is 4.39 Å². The lowest BCUT2D eigenvalue weighted by Gasteiger charge is -2.08. The second kappa shape index (κ2) is 5.97. The largest absolute Gasteiger partial charge is 0.496 e. The molecule has 0 amide bonds. The number of hydrogen-bond donors (Lipinski definition) is 0. The first-order valence-corrected chi connectivity index (χ1v) is 6.50. The molecule has 98 valence electrons. The number of ketones is 1. The van der Waals surface area contributed by atoms with E-state index in [1.165, 1.54) is 19.2 Å². The minimum atomic E-state index is -0.308. The van der Waals surface area contributed by atoms with Crippen LogP contribution in [0.2, 0.25) is 0 Å². The molecule has 0 fully saturated rings. The molecule has 0 bridgehead atoms. The normalized spacial score (nSPS) is 10.3. The van der Waals surface area contributed by atoms with Crippen molar-refractivity contribution in [1.29, 1.82) is 0 Å². The van der Waals surface area contributed by atoms with Crippen molar-refractivity contribution in [3.63, 3.8) is 0 Å². The third kappa shape index (κ3) is 3.41. The van der Waals surface area contributed by atoms with Gasteiger partial charge >= 0.3 is 0 Å². The topological polar surface area (TPSA) is 26.3 Å². The van der Waals surface area contributed by atoms with E-state index in [9.17, 15) is 9.18 Å². The molecule has 0 unspecified atom stereocenters. The van der Waals surface area contributed by atoms with Gasteiger partial charge in [-0.05, 0) is 35.9 Å². The van der Waals surface area contributed by atoms with E-state index in [0.29, 0.717) is 11.3 Å². The molecule has 0 radical (unpaired) electrons. The first kappa shape index (κ1) is 13.7. The van der Waals surface area contributed by atoms with E-state index in [1.807, 2.05) is 0 Å². The fourth-order valence-corrected chi connectivity index (χ4v) is 2.12. The molecule has 0 aromatic heterocycles. The first-order chi connectivity index (χ1) is 9.10. The number of carbonyl (C=O) groups excluding carboxylic acids is 1. The van der Waals surface area contributed by atoms with E-state index >= 15 is 0 Å². The molecular formula is C15H12BrFO2. The van der Waals surface area contributed by atoms with Crippen LogP contribution in [0.3, 0.4) is 0 Å². The van der Waals surface area contributed by atoms with E-state index in [4.69, 9.17) is 4.74 Å². The highest BCUT2D eigenvalue weighted by molar-refractivity contribution is 9.10. The van der Waals surface area contributed by atoms with Gasteiger partial charge in [0, 0.05) is 10.9 Å². The maximum Gasteiger partial charge on any atom is 0.170 e. The Kier molecular flexibility index (Phi) is 4.32. The Morgan fingerprint density at radius 1 is 1.21 bits per heavy atom. The van der Waals surface area contributed by atoms with E-state index in [-0.39, 0.29) is 18.0 Å². The van der Waals surface area contributed by atoms with E-state index in [1.54, 1.807) is 30.3 Å². The Morgan fingerprint density at radius 2 is 1.89 bits per heavy atom. The minimum Gasteiger partial charge on any atom is -0.496 e. The molecule has 4 heteroatoms. The molecule has 0 heterocycles. The van der Waals surface area contributed by atoms with Crippen LogP contribution in [0.25, 0.3) is 0 Å². The van der Waals surface area contributed by atoms with Gasteiger partial charge in [0.15, 0.2) is 5.78 Å². The predicted molar refractivity (Wildman–Crippen MR) is 75.1 cm³/mol. The van der Waals surface area contributed by atoms with Crippen molar-refractivity contribution in [3.8, 4) is 5.75 Å². The van der Waals surface area contributed by atoms with E-state index < -0.39 is 0 Å². The second-order valence-corrected chi connectivity index (χ2v) is 4.99. The first-order valence-electron chi connectivity index (χ1n) is 5.71. The Balaban J connectivity index is 2.22. The fraction of sp³-hybridized carbons (Fsp3) is 0.133. The van der Waals surface area contributed by atoms with Gasteiger partial charge < -0.3 is 4.74 Å². The molecule has 0 aliphatic heterocycles. The fourth-order valence-electron chi connectivity index (χ4n) is 1.78. The summed E-state index contributed by atoms with van der Waals surface area (Å²) in [6.45, 7) is 0. The zero-order valence-electron chi connectivity index (χ0n) is 10.3. The lowest BCUT2D eigenvalue weighted by Crippen LogP contribution is -2.05. The third-order valence-electron chi connectivity index (χ3n) is 2.74. The number of benzene rings is 2. The number of rotatable bonds is 4. The van der Waals surface area contributed by atoms with Gasteiger partial charge in [-0.2, -0.15) is 0 Å². The van der Waals surface area contributed by atoms with Crippen LogP contribution in [0.5, 0.6) is 5.75 Å². The van der Waals surface area contributed by atoms with Crippen molar-refractivity contribution >= 4 is 21.7 Å². The van der Waals surface area contributed by atoms with Crippen LogP contribution >= 0.6 is 15.9 Å². The molecule has 19 heavy (non-hydrogen) atoms. The summed E-state index contributed by atoms with van der Waals surface area (Å²) in [7, 11) is 1.52. The second-order valence-electron chi connectivity index (χ2n) is 4.07. The van der Waals surface area contributed by atoms with Crippen molar-refractivity contribution in [2.24, 2.45) is 0 Å². The molecule has 2 aromatic carbocycles. The van der Waals surface area contributed by atoms with Crippen molar-refractivity contribution < 1.29 is 13.9 Å². The summed E-state index contributed by atoms with van der Waals surface area (Å²) in [5.74, 6) is 0.162. The van der Waals surface area contributed by atoms with Crippen LogP contribution in [0.4, 0.5) is 4.39 Å². The van der Waals surface area contributed by atoms with Crippen LogP contribution in [-0.2, 0) is 6.42 Å². The number of ether oxygens (including phenoxy) is 1. The van der Waals surface area contributed by atoms with Crippen LogP contribution in [-0.4, -0.2) is 12.9 Å². The van der Waals surface area contributed by atoms with Gasteiger partial charge in [-0.15, -0.1) is 0 Å². The Hall–Kier alpha value is -1.68. The summed E-state index contributed by atoms with van der Waals surface area (Å²) < 4.78 is 18.8. The lowest BCUT2D eigenvalue weighted by atomic mass is 10.0. The monoisotopic (exact) mass is 322 g/mol. The number of Topliss-reactive ketones (excluding diaryl/α,β-unsaturated/α-hetero) is 1. The van der Waals surface area contributed by atoms with E-state index in [0.717, 1.165) is 10.0 Å². The standard InChI is InChI=1S/C15H12BrFO2/c1-19-15-9-11(16)4-7-13(15)14(18)8-10-2-5-12(17)6-3-10/h2-7,9H,8H2,1H3. The Morgan fingerprint density at radius 3 is 2.53 bits per heavy atom. The zero-order valence-corrected chi connectivity index (χ0v) is 11.9. The molecule has 2 aromatic rings. The maximum absolute atomic E-state index is 12.8. The molecule has 0 aliphatic carbocycles. The van der Waals surface area contributed by atoms with Crippen molar-refractivity contribution in [2.45, 2.75) is 6.42 Å². The van der Waals surface area contributed by atoms with Crippen molar-refractivity contribution in [3.05, 3.63) is 63.9 Å². The summed E-state index contributed by atoms with van der Waals surface area (Å²) in [4.78, 5) is 12.2. The zero-order chi connectivity index (χ0) is 13.8. The SMILES string of the molecule is COc1cc(Br)ccc1C(=O)Cc1ccc(F)cc1. The minimum absolute atomic E-state index is 0.0593. The van der Waals surface area contributed by atoms with Gasteiger partial charge in [0.1, 0.15) is 11.6 Å². The van der Waals surface area contributed by atoms with Gasteiger partial charge in [-0.3, -0.25) is 4.79 Å². The molecule has 0 N–H and O–H groups in total. The molecule has 2 nitrogen and oxygen atoms in total. The Bertz CT molecular complexity index is 594. The summed E-state index contributed by atoms with van der Waals surface area (Å²) >= 11 is 3.33. The smallest absolute Gasteiger partial charge is 0.170 e. The van der Waals surface area contributed by atoms with Crippen LogP contribution in [0, 0.1) is 5.82 Å². The third-order valence-corrected chi connectivity index (χ3v) is 3.24. The van der Waals surface area contributed by atoms with Gasteiger partial charge in [0.25, 0.3) is 0 Å². The summed E-state index contributed by atoms with van der Waals surface area (Å²) in [6.07, 6.45) is 0.221. The Labute approximate surface area is 119 Å². The predicted octanol–water partition coefficient (Wildman–Crippen LogP) is 4.02. The quantitative estimate of drug-likeness (QED) is 0.795. The number of carbonyl (C=O) groups is 1.